The van der Waals surface area contributed by atoms with Gasteiger partial charge in [0.25, 0.3) is 0 Å². The molecule has 14 heteroatoms. The van der Waals surface area contributed by atoms with Gasteiger partial charge < -0.3 is 19.6 Å². The Kier molecular flexibility index (Phi) is 18.7. The summed E-state index contributed by atoms with van der Waals surface area (Å²) in [5.74, 6) is 3.32. The zero-order chi connectivity index (χ0) is 32.7. The van der Waals surface area contributed by atoms with Crippen LogP contribution in [0.15, 0.2) is 46.8 Å². The molecule has 1 aliphatic carbocycles. The highest BCUT2D eigenvalue weighted by Gasteiger charge is 2.14. The van der Waals surface area contributed by atoms with E-state index in [2.05, 4.69) is 47.7 Å². The highest BCUT2D eigenvalue weighted by molar-refractivity contribution is 8.13. The number of rotatable bonds is 12. The van der Waals surface area contributed by atoms with E-state index >= 15 is 0 Å². The van der Waals surface area contributed by atoms with Crippen LogP contribution in [0.5, 0.6) is 11.5 Å². The average molecular weight is 657 g/mol. The van der Waals surface area contributed by atoms with Gasteiger partial charge in [-0.15, -0.1) is 10.2 Å². The van der Waals surface area contributed by atoms with E-state index in [4.69, 9.17) is 9.47 Å². The van der Waals surface area contributed by atoms with Crippen molar-refractivity contribution in [2.24, 2.45) is 16.0 Å². The number of carbonyl (C=O) groups excluding carboxylic acids is 2. The minimum Gasteiger partial charge on any atom is -0.492 e. The third-order valence-electron chi connectivity index (χ3n) is 6.18. The number of thioether (sulfide) groups is 1. The molecule has 3 aromatic heterocycles. The molecule has 3 heterocycles. The maximum atomic E-state index is 11.8. The van der Waals surface area contributed by atoms with Gasteiger partial charge in [0.2, 0.25) is 11.0 Å². The third-order valence-corrected chi connectivity index (χ3v) is 8.12. The third kappa shape index (κ3) is 16.1. The van der Waals surface area contributed by atoms with Gasteiger partial charge in [0, 0.05) is 37.3 Å². The van der Waals surface area contributed by atoms with Crippen LogP contribution < -0.4 is 20.2 Å². The molecule has 1 saturated carbocycles. The second-order valence-electron chi connectivity index (χ2n) is 9.67. The van der Waals surface area contributed by atoms with Gasteiger partial charge in [-0.25, -0.2) is 0 Å². The van der Waals surface area contributed by atoms with Crippen LogP contribution in [-0.2, 0) is 22.4 Å². The number of pyridine rings is 2. The molecule has 0 radical (unpaired) electrons. The molecule has 0 unspecified atom stereocenters. The van der Waals surface area contributed by atoms with E-state index < -0.39 is 0 Å². The number of aliphatic imine (C=N–C) groups is 1. The molecule has 2 N–H and O–H groups in total. The summed E-state index contributed by atoms with van der Waals surface area (Å²) in [5.41, 5.74) is 4.25. The SMILES string of the molecule is C=NNC(=NC)SCC1CCCCC1.CCOc1ccc(CC(=O)Nc2nnc(C)s2)nc1.CCOc1ccc(CC=O)nc1. The van der Waals surface area contributed by atoms with E-state index in [1.54, 1.807) is 49.4 Å². The number of carbonyl (C=O) groups is 2. The highest BCUT2D eigenvalue weighted by Crippen LogP contribution is 2.26. The van der Waals surface area contributed by atoms with Gasteiger partial charge >= 0.3 is 0 Å². The van der Waals surface area contributed by atoms with Crippen molar-refractivity contribution in [2.45, 2.75) is 65.7 Å². The molecule has 12 nitrogen and oxygen atoms in total. The Hall–Kier alpha value is -3.91. The highest BCUT2D eigenvalue weighted by atomic mass is 32.2. The zero-order valence-corrected chi connectivity index (χ0v) is 28.2. The van der Waals surface area contributed by atoms with E-state index in [0.29, 0.717) is 36.2 Å². The number of aldehydes is 1. The Morgan fingerprint density at radius 3 is 2.18 bits per heavy atom. The molecular weight excluding hydrogens is 613 g/mol. The summed E-state index contributed by atoms with van der Waals surface area (Å²) in [6, 6.07) is 7.18. The molecule has 0 spiro atoms. The first kappa shape index (κ1) is 37.3. The average Bonchev–Trinajstić information content (AvgIpc) is 3.46. The fourth-order valence-electron chi connectivity index (χ4n) is 4.08. The Morgan fingerprint density at radius 2 is 1.69 bits per heavy atom. The van der Waals surface area contributed by atoms with Crippen LogP contribution in [0.3, 0.4) is 0 Å². The number of nitrogens with one attached hydrogen (secondary N) is 2. The van der Waals surface area contributed by atoms with Crippen molar-refractivity contribution in [1.29, 1.82) is 0 Å². The summed E-state index contributed by atoms with van der Waals surface area (Å²) in [7, 11) is 1.78. The van der Waals surface area contributed by atoms with Crippen molar-refractivity contribution in [3.8, 4) is 11.5 Å². The van der Waals surface area contributed by atoms with Crippen LogP contribution in [0.25, 0.3) is 0 Å². The van der Waals surface area contributed by atoms with E-state index in [9.17, 15) is 9.59 Å². The Labute approximate surface area is 274 Å². The zero-order valence-electron chi connectivity index (χ0n) is 26.5. The summed E-state index contributed by atoms with van der Waals surface area (Å²) >= 11 is 3.10. The maximum Gasteiger partial charge on any atom is 0.232 e. The first-order chi connectivity index (χ1) is 21.9. The van der Waals surface area contributed by atoms with E-state index in [1.807, 2.05) is 26.8 Å². The smallest absolute Gasteiger partial charge is 0.232 e. The standard InChI is InChI=1S/C12H14N4O2S.C10H19N3S.C9H11NO2/c1-3-18-10-5-4-9(13-7-10)6-11(17)14-12-16-15-8(2)19-12;1-11-10(13-12-2)14-8-9-6-4-3-5-7-9;1-2-12-9-4-3-8(5-6-11)10-7-9/h4-5,7H,3,6H2,1-2H3,(H,14,16,17);9H,2-8H2,1H3,(H,11,13);3-4,6-7H,2,5H2,1H3. The number of ether oxygens (including phenoxy) is 2. The molecule has 0 atom stereocenters. The lowest BCUT2D eigenvalue weighted by molar-refractivity contribution is -0.115. The van der Waals surface area contributed by atoms with Crippen molar-refractivity contribution in [3.05, 3.63) is 53.1 Å². The number of hydrogen-bond acceptors (Lipinski definition) is 12. The molecule has 244 valence electrons. The number of nitrogens with zero attached hydrogens (tertiary/aromatic N) is 6. The number of aryl methyl sites for hydroxylation is 1. The molecule has 45 heavy (non-hydrogen) atoms. The van der Waals surface area contributed by atoms with Gasteiger partial charge in [-0.1, -0.05) is 42.4 Å². The quantitative estimate of drug-likeness (QED) is 0.110. The van der Waals surface area contributed by atoms with Crippen LogP contribution in [0, 0.1) is 12.8 Å². The van der Waals surface area contributed by atoms with Crippen LogP contribution >= 0.6 is 23.1 Å². The molecule has 0 aliphatic heterocycles. The molecule has 0 bridgehead atoms. The Morgan fingerprint density at radius 1 is 1.04 bits per heavy atom. The van der Waals surface area contributed by atoms with E-state index in [-0.39, 0.29) is 12.3 Å². The minimum absolute atomic E-state index is 0.159. The van der Waals surface area contributed by atoms with Gasteiger partial charge in [-0.2, -0.15) is 5.10 Å². The lowest BCUT2D eigenvalue weighted by Gasteiger charge is -2.20. The molecule has 1 aliphatic rings. The molecule has 3 aromatic rings. The Balaban J connectivity index is 0.000000243. The van der Waals surface area contributed by atoms with Gasteiger partial charge in [-0.05, 0) is 63.8 Å². The van der Waals surface area contributed by atoms with Crippen LogP contribution in [0.4, 0.5) is 5.13 Å². The summed E-state index contributed by atoms with van der Waals surface area (Å²) in [6.45, 7) is 10.3. The molecule has 1 amide bonds. The predicted octanol–water partition coefficient (Wildman–Crippen LogP) is 5.53. The molecule has 0 aromatic carbocycles. The number of amides is 1. The lowest BCUT2D eigenvalue weighted by Crippen LogP contribution is -2.17. The molecule has 4 rings (SSSR count). The van der Waals surface area contributed by atoms with Gasteiger partial charge in [0.15, 0.2) is 5.17 Å². The normalized spacial score (nSPS) is 12.8. The van der Waals surface area contributed by atoms with Crippen molar-refractivity contribution in [1.82, 2.24) is 25.6 Å². The van der Waals surface area contributed by atoms with E-state index in [0.717, 1.165) is 39.6 Å². The number of anilines is 1. The maximum absolute atomic E-state index is 11.8. The molecular formula is C31H44N8O4S2. The summed E-state index contributed by atoms with van der Waals surface area (Å²) in [6.07, 6.45) is 11.6. The number of hydrogen-bond donors (Lipinski definition) is 2. The van der Waals surface area contributed by atoms with E-state index in [1.165, 1.54) is 43.4 Å². The minimum atomic E-state index is -0.159. The lowest BCUT2D eigenvalue weighted by atomic mass is 9.91. The first-order valence-corrected chi connectivity index (χ1v) is 16.7. The monoisotopic (exact) mass is 656 g/mol. The van der Waals surface area contributed by atoms with Crippen molar-refractivity contribution < 1.29 is 19.1 Å². The summed E-state index contributed by atoms with van der Waals surface area (Å²) < 4.78 is 10.5. The molecule has 1 fully saturated rings. The van der Waals surface area contributed by atoms with Crippen molar-refractivity contribution in [3.63, 3.8) is 0 Å². The van der Waals surface area contributed by atoms with Gasteiger partial charge in [0.05, 0.1) is 32.0 Å². The summed E-state index contributed by atoms with van der Waals surface area (Å²) in [5, 5.41) is 16.2. The number of amidine groups is 1. The second-order valence-corrected chi connectivity index (χ2v) is 11.9. The van der Waals surface area contributed by atoms with Crippen LogP contribution in [0.1, 0.15) is 62.3 Å². The van der Waals surface area contributed by atoms with Crippen LogP contribution in [0.2, 0.25) is 0 Å². The topological polar surface area (TPSA) is 153 Å². The second kappa shape index (κ2) is 22.6. The Bertz CT molecular complexity index is 1300. The van der Waals surface area contributed by atoms with Gasteiger partial charge in [-0.3, -0.25) is 25.2 Å². The van der Waals surface area contributed by atoms with Crippen molar-refractivity contribution in [2.75, 3.05) is 31.3 Å². The van der Waals surface area contributed by atoms with Crippen LogP contribution in [-0.4, -0.2) is 70.3 Å². The van der Waals surface area contributed by atoms with Crippen molar-refractivity contribution >= 4 is 52.3 Å². The number of hydrazone groups is 1. The largest absolute Gasteiger partial charge is 0.492 e. The summed E-state index contributed by atoms with van der Waals surface area (Å²) in [4.78, 5) is 34.2. The predicted molar refractivity (Wildman–Crippen MR) is 183 cm³/mol. The first-order valence-electron chi connectivity index (χ1n) is 14.9. The number of aromatic nitrogens is 4. The fraction of sp³-hybridized carbons (Fsp3) is 0.484. The van der Waals surface area contributed by atoms with Gasteiger partial charge in [0.1, 0.15) is 22.8 Å². The fourth-order valence-corrected chi connectivity index (χ4v) is 5.67. The molecule has 0 saturated heterocycles.